The Bertz CT molecular complexity index is 861. The van der Waals surface area contributed by atoms with Gasteiger partial charge in [-0.05, 0) is 72.9 Å². The van der Waals surface area contributed by atoms with E-state index in [9.17, 15) is 0 Å². The van der Waals surface area contributed by atoms with Crippen molar-refractivity contribution in [1.82, 2.24) is 0 Å². The Morgan fingerprint density at radius 2 is 1.62 bits per heavy atom. The Labute approximate surface area is 196 Å². The van der Waals surface area contributed by atoms with Crippen LogP contribution in [0.25, 0.3) is 16.7 Å². The molecule has 0 unspecified atom stereocenters. The lowest BCUT2D eigenvalue weighted by molar-refractivity contribution is 0.304. The topological polar surface area (TPSA) is 9.23 Å². The number of allylic oxidation sites excluding steroid dienone is 3. The van der Waals surface area contributed by atoms with Gasteiger partial charge in [-0.2, -0.15) is 0 Å². The highest BCUT2D eigenvalue weighted by molar-refractivity contribution is 5.82. The predicted molar refractivity (Wildman–Crippen MR) is 140 cm³/mol. The summed E-state index contributed by atoms with van der Waals surface area (Å²) in [5.41, 5.74) is 6.69. The number of hydrogen-bond acceptors (Lipinski definition) is 1. The highest BCUT2D eigenvalue weighted by atomic mass is 16.5. The fraction of sp³-hybridized carbons (Fsp3) is 0.484. The van der Waals surface area contributed by atoms with E-state index in [0.29, 0.717) is 5.92 Å². The third-order valence-electron chi connectivity index (χ3n) is 6.80. The van der Waals surface area contributed by atoms with E-state index in [1.54, 1.807) is 0 Å². The molecule has 0 aliphatic heterocycles. The van der Waals surface area contributed by atoms with Crippen LogP contribution in [0.2, 0.25) is 0 Å². The number of ether oxygens (including phenoxy) is 1. The van der Waals surface area contributed by atoms with E-state index in [0.717, 1.165) is 31.6 Å². The molecule has 1 aliphatic rings. The minimum absolute atomic E-state index is 0.625. The summed E-state index contributed by atoms with van der Waals surface area (Å²) >= 11 is 0. The van der Waals surface area contributed by atoms with Crippen molar-refractivity contribution in [2.24, 2.45) is 5.92 Å². The summed E-state index contributed by atoms with van der Waals surface area (Å²) in [6.07, 6.45) is 16.5. The number of rotatable bonds is 13. The number of hydrogen-bond donors (Lipinski definition) is 0. The van der Waals surface area contributed by atoms with E-state index >= 15 is 0 Å². The molecule has 0 spiro atoms. The monoisotopic (exact) mass is 430 g/mol. The molecular formula is C31H42O. The predicted octanol–water partition coefficient (Wildman–Crippen LogP) is 9.63. The maximum atomic E-state index is 6.19. The zero-order valence-corrected chi connectivity index (χ0v) is 20.4. The summed E-state index contributed by atoms with van der Waals surface area (Å²) in [7, 11) is 0. The molecule has 1 nitrogen and oxygen atoms in total. The average molecular weight is 431 g/mol. The second kappa shape index (κ2) is 13.3. The molecule has 0 saturated heterocycles. The minimum Gasteiger partial charge on any atom is -0.494 e. The van der Waals surface area contributed by atoms with Gasteiger partial charge in [0.1, 0.15) is 5.75 Å². The molecular weight excluding hydrogens is 388 g/mol. The summed E-state index contributed by atoms with van der Waals surface area (Å²) < 4.78 is 6.19. The van der Waals surface area contributed by atoms with Crippen molar-refractivity contribution in [2.45, 2.75) is 84.5 Å². The van der Waals surface area contributed by atoms with E-state index in [1.807, 2.05) is 0 Å². The van der Waals surface area contributed by atoms with Gasteiger partial charge in [-0.15, -0.1) is 0 Å². The van der Waals surface area contributed by atoms with Gasteiger partial charge in [0.05, 0.1) is 6.61 Å². The molecule has 1 atom stereocenters. The summed E-state index contributed by atoms with van der Waals surface area (Å²) in [6.45, 7) is 9.44. The van der Waals surface area contributed by atoms with Crippen LogP contribution in [0, 0.1) is 5.92 Å². The second-order valence-corrected chi connectivity index (χ2v) is 9.44. The lowest BCUT2D eigenvalue weighted by Crippen LogP contribution is -2.07. The van der Waals surface area contributed by atoms with Crippen LogP contribution in [0.1, 0.15) is 90.0 Å². The van der Waals surface area contributed by atoms with E-state index in [4.69, 9.17) is 4.74 Å². The summed E-state index contributed by atoms with van der Waals surface area (Å²) in [5, 5.41) is 0. The zero-order valence-electron chi connectivity index (χ0n) is 20.4. The van der Waals surface area contributed by atoms with Gasteiger partial charge in [-0.25, -0.2) is 0 Å². The first-order valence-corrected chi connectivity index (χ1v) is 12.9. The van der Waals surface area contributed by atoms with Crippen LogP contribution in [0.3, 0.4) is 0 Å². The highest BCUT2D eigenvalue weighted by Crippen LogP contribution is 2.39. The quantitative estimate of drug-likeness (QED) is 0.227. The molecule has 0 fully saturated rings. The molecule has 3 rings (SSSR count). The second-order valence-electron chi connectivity index (χ2n) is 9.44. The van der Waals surface area contributed by atoms with E-state index < -0.39 is 0 Å². The first-order valence-electron chi connectivity index (χ1n) is 12.9. The maximum Gasteiger partial charge on any atom is 0.119 e. The largest absolute Gasteiger partial charge is 0.494 e. The Hall–Kier alpha value is -2.28. The van der Waals surface area contributed by atoms with E-state index in [-0.39, 0.29) is 0 Å². The van der Waals surface area contributed by atoms with Crippen LogP contribution < -0.4 is 4.74 Å². The third kappa shape index (κ3) is 7.40. The molecule has 0 heterocycles. The molecule has 0 bridgehead atoms. The molecule has 0 radical (unpaired) electrons. The summed E-state index contributed by atoms with van der Waals surface area (Å²) in [6, 6.07) is 17.4. The van der Waals surface area contributed by atoms with Crippen LogP contribution in [0.4, 0.5) is 0 Å². The lowest BCUT2D eigenvalue weighted by Gasteiger charge is -2.24. The Morgan fingerprint density at radius 1 is 0.906 bits per heavy atom. The normalized spacial score (nSPS) is 15.9. The van der Waals surface area contributed by atoms with Crippen molar-refractivity contribution >= 4 is 5.57 Å². The standard InChI is InChI=1S/C31H42O/c1-4-5-6-7-8-9-10-14-23-32-29-21-22-30(27-15-12-11-13-16-27)31(24-29)28-19-17-26(18-20-28)25(2)3/h11-13,15-16,19,21-22,24,26H,2,4-10,14,17-18,20,23H2,1,3H3/t26-/m1/s1. The Balaban J connectivity index is 1.62. The van der Waals surface area contributed by atoms with Gasteiger partial charge in [0.25, 0.3) is 0 Å². The van der Waals surface area contributed by atoms with Gasteiger partial charge < -0.3 is 4.74 Å². The first kappa shape index (κ1) is 24.4. The van der Waals surface area contributed by atoms with Crippen LogP contribution in [-0.2, 0) is 0 Å². The van der Waals surface area contributed by atoms with Gasteiger partial charge in [0.15, 0.2) is 0 Å². The van der Waals surface area contributed by atoms with Crippen molar-refractivity contribution in [3.8, 4) is 16.9 Å². The molecule has 0 N–H and O–H groups in total. The van der Waals surface area contributed by atoms with Gasteiger partial charge in [0.2, 0.25) is 0 Å². The van der Waals surface area contributed by atoms with Crippen molar-refractivity contribution in [2.75, 3.05) is 6.61 Å². The van der Waals surface area contributed by atoms with Gasteiger partial charge in [0, 0.05) is 0 Å². The fourth-order valence-corrected chi connectivity index (χ4v) is 4.70. The summed E-state index contributed by atoms with van der Waals surface area (Å²) in [4.78, 5) is 0. The van der Waals surface area contributed by atoms with Crippen LogP contribution in [0.5, 0.6) is 5.75 Å². The minimum atomic E-state index is 0.625. The van der Waals surface area contributed by atoms with Gasteiger partial charge in [-0.3, -0.25) is 0 Å². The number of benzene rings is 2. The molecule has 2 aromatic carbocycles. The lowest BCUT2D eigenvalue weighted by atomic mass is 9.81. The molecule has 0 amide bonds. The van der Waals surface area contributed by atoms with Crippen molar-refractivity contribution in [1.29, 1.82) is 0 Å². The van der Waals surface area contributed by atoms with Crippen LogP contribution >= 0.6 is 0 Å². The van der Waals surface area contributed by atoms with Crippen molar-refractivity contribution in [3.63, 3.8) is 0 Å². The summed E-state index contributed by atoms with van der Waals surface area (Å²) in [5.74, 6) is 1.63. The van der Waals surface area contributed by atoms with E-state index in [2.05, 4.69) is 75.0 Å². The third-order valence-corrected chi connectivity index (χ3v) is 6.80. The molecule has 172 valence electrons. The molecule has 1 heteroatoms. The molecule has 2 aromatic rings. The highest BCUT2D eigenvalue weighted by Gasteiger charge is 2.18. The van der Waals surface area contributed by atoms with Gasteiger partial charge in [-0.1, -0.05) is 106 Å². The smallest absolute Gasteiger partial charge is 0.119 e. The zero-order chi connectivity index (χ0) is 22.6. The SMILES string of the molecule is C=C(C)[C@@H]1CC=C(c2cc(OCCCCCCCCCC)ccc2-c2ccccc2)CC1. The van der Waals surface area contributed by atoms with E-state index in [1.165, 1.54) is 79.2 Å². The molecule has 0 saturated carbocycles. The Morgan fingerprint density at radius 3 is 2.28 bits per heavy atom. The van der Waals surface area contributed by atoms with Gasteiger partial charge >= 0.3 is 0 Å². The fourth-order valence-electron chi connectivity index (χ4n) is 4.70. The average Bonchev–Trinajstić information content (AvgIpc) is 2.83. The van der Waals surface area contributed by atoms with Crippen molar-refractivity contribution < 1.29 is 4.74 Å². The first-order chi connectivity index (χ1) is 15.7. The van der Waals surface area contributed by atoms with Crippen LogP contribution in [0.15, 0.2) is 66.8 Å². The molecule has 1 aliphatic carbocycles. The van der Waals surface area contributed by atoms with Crippen molar-refractivity contribution in [3.05, 3.63) is 72.3 Å². The maximum absolute atomic E-state index is 6.19. The molecule has 32 heavy (non-hydrogen) atoms. The number of unbranched alkanes of at least 4 members (excludes halogenated alkanes) is 7. The van der Waals surface area contributed by atoms with Crippen LogP contribution in [-0.4, -0.2) is 6.61 Å². The Kier molecular flexibility index (Phi) is 10.1. The molecule has 0 aromatic heterocycles.